The molecular weight excluding hydrogens is 408 g/mol. The lowest BCUT2D eigenvalue weighted by Gasteiger charge is -2.24. The molecule has 2 aromatic carbocycles. The highest BCUT2D eigenvalue weighted by Crippen LogP contribution is 2.35. The van der Waals surface area contributed by atoms with Gasteiger partial charge >= 0.3 is 0 Å². The van der Waals surface area contributed by atoms with E-state index in [0.29, 0.717) is 22.3 Å². The summed E-state index contributed by atoms with van der Waals surface area (Å²) < 4.78 is 11.8. The number of hydrogen-bond donors (Lipinski definition) is 2. The van der Waals surface area contributed by atoms with Gasteiger partial charge in [-0.1, -0.05) is 23.7 Å². The lowest BCUT2D eigenvalue weighted by Crippen LogP contribution is -2.35. The maximum absolute atomic E-state index is 12.9. The van der Waals surface area contributed by atoms with Crippen molar-refractivity contribution < 1.29 is 19.1 Å². The third-order valence-electron chi connectivity index (χ3n) is 4.85. The van der Waals surface area contributed by atoms with Crippen LogP contribution >= 0.6 is 11.6 Å². The molecule has 2 heterocycles. The fourth-order valence-corrected chi connectivity index (χ4v) is 3.58. The van der Waals surface area contributed by atoms with Gasteiger partial charge in [-0.3, -0.25) is 9.59 Å². The molecule has 9 heteroatoms. The summed E-state index contributed by atoms with van der Waals surface area (Å²) >= 11 is 6.13. The fraction of sp³-hybridized carbons (Fsp3) is 0.190. The molecule has 154 valence electrons. The lowest BCUT2D eigenvalue weighted by atomic mass is 10.1. The monoisotopic (exact) mass is 426 g/mol. The van der Waals surface area contributed by atoms with Gasteiger partial charge in [0.2, 0.25) is 11.8 Å². The van der Waals surface area contributed by atoms with Gasteiger partial charge in [0.25, 0.3) is 0 Å². The first-order valence-electron chi connectivity index (χ1n) is 9.16. The second kappa shape index (κ2) is 8.08. The van der Waals surface area contributed by atoms with Crippen molar-refractivity contribution in [1.82, 2.24) is 9.78 Å². The van der Waals surface area contributed by atoms with Crippen molar-refractivity contribution in [3.05, 3.63) is 53.7 Å². The van der Waals surface area contributed by atoms with E-state index in [1.165, 1.54) is 11.8 Å². The second-order valence-electron chi connectivity index (χ2n) is 6.69. The molecule has 4 rings (SSSR count). The smallest absolute Gasteiger partial charge is 0.249 e. The summed E-state index contributed by atoms with van der Waals surface area (Å²) in [5.74, 6) is 1.08. The predicted molar refractivity (Wildman–Crippen MR) is 113 cm³/mol. The number of ether oxygens (including phenoxy) is 2. The SMILES string of the molecule is COc1ccc(-c2cnn3c2NC(=O)C[C@H]3C(=O)Nc2ccc(OC)c(Cl)c2)cc1. The number of methoxy groups -OCH3 is 2. The molecule has 0 saturated carbocycles. The number of carbonyl (C=O) groups excluding carboxylic acids is 2. The van der Waals surface area contributed by atoms with Crippen LogP contribution in [0, 0.1) is 0 Å². The van der Waals surface area contributed by atoms with Crippen LogP contribution in [0.1, 0.15) is 12.5 Å². The van der Waals surface area contributed by atoms with Gasteiger partial charge in [0.1, 0.15) is 23.4 Å². The number of rotatable bonds is 5. The Labute approximate surface area is 177 Å². The van der Waals surface area contributed by atoms with Crippen LogP contribution < -0.4 is 20.1 Å². The Balaban J connectivity index is 1.62. The van der Waals surface area contributed by atoms with Crippen LogP contribution in [-0.2, 0) is 9.59 Å². The number of halogens is 1. The molecule has 3 aromatic rings. The Kier molecular flexibility index (Phi) is 5.33. The topological polar surface area (TPSA) is 94.5 Å². The fourth-order valence-electron chi connectivity index (χ4n) is 3.32. The molecule has 0 spiro atoms. The zero-order valence-corrected chi connectivity index (χ0v) is 17.1. The molecule has 0 fully saturated rings. The number of amides is 2. The number of nitrogens with one attached hydrogen (secondary N) is 2. The number of fused-ring (bicyclic) bond motifs is 1. The Morgan fingerprint density at radius 3 is 2.63 bits per heavy atom. The summed E-state index contributed by atoms with van der Waals surface area (Å²) in [6, 6.07) is 11.5. The molecule has 30 heavy (non-hydrogen) atoms. The van der Waals surface area contributed by atoms with Gasteiger partial charge in [-0.05, 0) is 35.9 Å². The maximum atomic E-state index is 12.9. The third kappa shape index (κ3) is 3.69. The molecule has 0 saturated heterocycles. The maximum Gasteiger partial charge on any atom is 0.249 e. The van der Waals surface area contributed by atoms with E-state index < -0.39 is 6.04 Å². The van der Waals surface area contributed by atoms with E-state index in [1.807, 2.05) is 24.3 Å². The molecule has 2 amide bonds. The molecule has 1 aromatic heterocycles. The van der Waals surface area contributed by atoms with Crippen molar-refractivity contribution >= 4 is 34.9 Å². The van der Waals surface area contributed by atoms with Crippen molar-refractivity contribution in [1.29, 1.82) is 0 Å². The van der Waals surface area contributed by atoms with E-state index >= 15 is 0 Å². The summed E-state index contributed by atoms with van der Waals surface area (Å²) in [6.07, 6.45) is 1.61. The van der Waals surface area contributed by atoms with Gasteiger partial charge in [0.05, 0.1) is 31.9 Å². The minimum Gasteiger partial charge on any atom is -0.497 e. The summed E-state index contributed by atoms with van der Waals surface area (Å²) in [7, 11) is 3.11. The van der Waals surface area contributed by atoms with Crippen LogP contribution in [0.5, 0.6) is 11.5 Å². The molecule has 1 aliphatic heterocycles. The minimum atomic E-state index is -0.790. The molecular formula is C21H19ClN4O4. The van der Waals surface area contributed by atoms with E-state index in [0.717, 1.165) is 16.9 Å². The molecule has 0 bridgehead atoms. The van der Waals surface area contributed by atoms with E-state index in [2.05, 4.69) is 15.7 Å². The van der Waals surface area contributed by atoms with Gasteiger partial charge in [-0.2, -0.15) is 5.10 Å². The molecule has 0 radical (unpaired) electrons. The molecule has 8 nitrogen and oxygen atoms in total. The quantitative estimate of drug-likeness (QED) is 0.648. The second-order valence-corrected chi connectivity index (χ2v) is 7.09. The number of carbonyl (C=O) groups is 2. The van der Waals surface area contributed by atoms with Crippen LogP contribution in [0.4, 0.5) is 11.5 Å². The highest BCUT2D eigenvalue weighted by atomic mass is 35.5. The summed E-state index contributed by atoms with van der Waals surface area (Å²) in [6.45, 7) is 0. The van der Waals surface area contributed by atoms with Gasteiger partial charge in [-0.15, -0.1) is 0 Å². The molecule has 2 N–H and O–H groups in total. The van der Waals surface area contributed by atoms with Crippen molar-refractivity contribution in [2.24, 2.45) is 0 Å². The number of nitrogens with zero attached hydrogens (tertiary/aromatic N) is 2. The van der Waals surface area contributed by atoms with Crippen molar-refractivity contribution in [3.8, 4) is 22.6 Å². The first-order valence-corrected chi connectivity index (χ1v) is 9.54. The standard InChI is InChI=1S/C21H19ClN4O4/c1-29-14-6-3-12(4-7-14)15-11-23-26-17(10-19(27)25-20(15)26)21(28)24-13-5-8-18(30-2)16(22)9-13/h3-9,11,17H,10H2,1-2H3,(H,24,28)(H,25,27)/t17-/m0/s1. The number of benzene rings is 2. The Morgan fingerprint density at radius 1 is 1.20 bits per heavy atom. The van der Waals surface area contributed by atoms with Crippen LogP contribution in [0.25, 0.3) is 11.1 Å². The Hall–Kier alpha value is -3.52. The van der Waals surface area contributed by atoms with Gasteiger partial charge in [0.15, 0.2) is 0 Å². The number of aromatic nitrogens is 2. The molecule has 1 aliphatic rings. The molecule has 0 aliphatic carbocycles. The van der Waals surface area contributed by atoms with Gasteiger partial charge in [0, 0.05) is 11.3 Å². The van der Waals surface area contributed by atoms with E-state index in [1.54, 1.807) is 31.5 Å². The van der Waals surface area contributed by atoms with Crippen LogP contribution in [0.3, 0.4) is 0 Å². The van der Waals surface area contributed by atoms with Gasteiger partial charge in [-0.25, -0.2) is 4.68 Å². The van der Waals surface area contributed by atoms with E-state index in [4.69, 9.17) is 21.1 Å². The number of hydrogen-bond acceptors (Lipinski definition) is 5. The van der Waals surface area contributed by atoms with Crippen LogP contribution in [-0.4, -0.2) is 35.8 Å². The summed E-state index contributed by atoms with van der Waals surface area (Å²) in [4.78, 5) is 25.3. The predicted octanol–water partition coefficient (Wildman–Crippen LogP) is 3.74. The zero-order valence-electron chi connectivity index (χ0n) is 16.3. The largest absolute Gasteiger partial charge is 0.497 e. The zero-order chi connectivity index (χ0) is 21.3. The lowest BCUT2D eigenvalue weighted by molar-refractivity contribution is -0.125. The van der Waals surface area contributed by atoms with E-state index in [9.17, 15) is 9.59 Å². The first kappa shape index (κ1) is 19.8. The van der Waals surface area contributed by atoms with Crippen LogP contribution in [0.2, 0.25) is 5.02 Å². The minimum absolute atomic E-state index is 0.0214. The van der Waals surface area contributed by atoms with E-state index in [-0.39, 0.29) is 18.2 Å². The Bertz CT molecular complexity index is 1110. The van der Waals surface area contributed by atoms with Crippen molar-refractivity contribution in [2.75, 3.05) is 24.9 Å². The summed E-state index contributed by atoms with van der Waals surface area (Å²) in [5, 5.41) is 10.4. The first-order chi connectivity index (χ1) is 14.5. The van der Waals surface area contributed by atoms with Crippen molar-refractivity contribution in [2.45, 2.75) is 12.5 Å². The van der Waals surface area contributed by atoms with Crippen LogP contribution in [0.15, 0.2) is 48.7 Å². The highest BCUT2D eigenvalue weighted by molar-refractivity contribution is 6.32. The normalized spacial score (nSPS) is 15.2. The molecule has 0 unspecified atom stereocenters. The average Bonchev–Trinajstić information content (AvgIpc) is 3.17. The highest BCUT2D eigenvalue weighted by Gasteiger charge is 2.33. The van der Waals surface area contributed by atoms with Gasteiger partial charge < -0.3 is 20.1 Å². The number of anilines is 2. The average molecular weight is 427 g/mol. The summed E-state index contributed by atoms with van der Waals surface area (Å²) in [5.41, 5.74) is 2.07. The Morgan fingerprint density at radius 2 is 1.97 bits per heavy atom. The molecule has 1 atom stereocenters. The third-order valence-corrected chi connectivity index (χ3v) is 5.15. The van der Waals surface area contributed by atoms with Crippen molar-refractivity contribution in [3.63, 3.8) is 0 Å².